The second-order valence-electron chi connectivity index (χ2n) is 8.26. The summed E-state index contributed by atoms with van der Waals surface area (Å²) in [4.78, 5) is 35.4. The van der Waals surface area contributed by atoms with Crippen LogP contribution in [-0.4, -0.2) is 90.0 Å². The molecule has 1 N–H and O–H groups in total. The highest BCUT2D eigenvalue weighted by molar-refractivity contribution is 6.00. The third-order valence-corrected chi connectivity index (χ3v) is 5.79. The zero-order valence-corrected chi connectivity index (χ0v) is 17.7. The lowest BCUT2D eigenvalue weighted by Gasteiger charge is -2.35. The summed E-state index contributed by atoms with van der Waals surface area (Å²) < 4.78 is 5.33. The van der Waals surface area contributed by atoms with Crippen LogP contribution in [0.15, 0.2) is 0 Å². The number of nitrogens with one attached hydrogen (secondary N) is 1. The van der Waals surface area contributed by atoms with Gasteiger partial charge in [-0.15, -0.1) is 0 Å². The molecule has 1 aromatic heterocycles. The van der Waals surface area contributed by atoms with Crippen molar-refractivity contribution in [2.75, 3.05) is 52.4 Å². The maximum absolute atomic E-state index is 13.0. The molecule has 2 fully saturated rings. The topological polar surface area (TPSA) is 68.9 Å². The van der Waals surface area contributed by atoms with Crippen molar-refractivity contribution in [3.63, 3.8) is 0 Å². The van der Waals surface area contributed by atoms with Gasteiger partial charge in [-0.3, -0.25) is 9.69 Å². The summed E-state index contributed by atoms with van der Waals surface area (Å²) in [5, 5.41) is 0. The normalized spacial score (nSPS) is 18.8. The highest BCUT2D eigenvalue weighted by atomic mass is 16.5. The number of esters is 1. The molecule has 0 aromatic carbocycles. The number of carbonyl (C=O) groups is 2. The van der Waals surface area contributed by atoms with Crippen molar-refractivity contribution in [3.8, 4) is 0 Å². The summed E-state index contributed by atoms with van der Waals surface area (Å²) in [6.07, 6.45) is 2.46. The van der Waals surface area contributed by atoms with Crippen molar-refractivity contribution in [2.45, 2.75) is 46.6 Å². The van der Waals surface area contributed by atoms with Gasteiger partial charge in [-0.2, -0.15) is 0 Å². The fourth-order valence-electron chi connectivity index (χ4n) is 4.16. The van der Waals surface area contributed by atoms with E-state index in [0.29, 0.717) is 22.5 Å². The summed E-state index contributed by atoms with van der Waals surface area (Å²) in [5.41, 5.74) is 2.38. The predicted molar refractivity (Wildman–Crippen MR) is 109 cm³/mol. The fourth-order valence-corrected chi connectivity index (χ4v) is 4.16. The Morgan fingerprint density at radius 2 is 1.54 bits per heavy atom. The lowest BCUT2D eigenvalue weighted by molar-refractivity contribution is 0.0376. The minimum Gasteiger partial charge on any atom is -0.459 e. The number of H-pyrrole nitrogens is 1. The summed E-state index contributed by atoms with van der Waals surface area (Å²) in [6, 6.07) is 0. The van der Waals surface area contributed by atoms with Gasteiger partial charge in [0.2, 0.25) is 0 Å². The van der Waals surface area contributed by atoms with E-state index in [1.54, 1.807) is 0 Å². The second-order valence-corrected chi connectivity index (χ2v) is 8.26. The van der Waals surface area contributed by atoms with E-state index in [-0.39, 0.29) is 18.0 Å². The van der Waals surface area contributed by atoms with Gasteiger partial charge in [0.05, 0.1) is 11.7 Å². The Morgan fingerprint density at radius 3 is 2.11 bits per heavy atom. The largest absolute Gasteiger partial charge is 0.459 e. The maximum atomic E-state index is 13.0. The standard InChI is InChI=1S/C21H34N4O3/c1-15(2)28-21(27)18-16(3)19(22-17(18)4)20(26)25-13-11-24(12-14-25)10-9-23-7-5-6-8-23/h15,22H,5-14H2,1-4H3. The van der Waals surface area contributed by atoms with Crippen LogP contribution < -0.4 is 0 Å². The first-order chi connectivity index (χ1) is 13.4. The molecule has 28 heavy (non-hydrogen) atoms. The van der Waals surface area contributed by atoms with Crippen molar-refractivity contribution >= 4 is 11.9 Å². The van der Waals surface area contributed by atoms with Crippen molar-refractivity contribution in [1.82, 2.24) is 19.7 Å². The molecule has 0 saturated carbocycles. The Morgan fingerprint density at radius 1 is 0.964 bits per heavy atom. The Balaban J connectivity index is 1.57. The van der Waals surface area contributed by atoms with Crippen LogP contribution in [-0.2, 0) is 4.74 Å². The quantitative estimate of drug-likeness (QED) is 0.753. The van der Waals surface area contributed by atoms with Gasteiger partial charge in [0.1, 0.15) is 5.69 Å². The minimum atomic E-state index is -0.368. The lowest BCUT2D eigenvalue weighted by Crippen LogP contribution is -2.50. The van der Waals surface area contributed by atoms with Crippen LogP contribution in [0.1, 0.15) is 58.8 Å². The molecule has 3 rings (SSSR count). The molecule has 156 valence electrons. The fraction of sp³-hybridized carbons (Fsp3) is 0.714. The van der Waals surface area contributed by atoms with Gasteiger partial charge in [0, 0.05) is 45.0 Å². The van der Waals surface area contributed by atoms with Gasteiger partial charge < -0.3 is 19.5 Å². The summed E-state index contributed by atoms with van der Waals surface area (Å²) in [7, 11) is 0. The number of likely N-dealkylation sites (tertiary alicyclic amines) is 1. The van der Waals surface area contributed by atoms with Crippen molar-refractivity contribution in [3.05, 3.63) is 22.5 Å². The number of piperazine rings is 1. The van der Waals surface area contributed by atoms with Crippen molar-refractivity contribution in [1.29, 1.82) is 0 Å². The van der Waals surface area contributed by atoms with Crippen LogP contribution in [0.2, 0.25) is 0 Å². The zero-order chi connectivity index (χ0) is 20.3. The predicted octanol–water partition coefficient (Wildman–Crippen LogP) is 2.05. The first-order valence-electron chi connectivity index (χ1n) is 10.5. The first-order valence-corrected chi connectivity index (χ1v) is 10.5. The van der Waals surface area contributed by atoms with Crippen molar-refractivity contribution in [2.24, 2.45) is 0 Å². The zero-order valence-electron chi connectivity index (χ0n) is 17.7. The highest BCUT2D eigenvalue weighted by Gasteiger charge is 2.28. The summed E-state index contributed by atoms with van der Waals surface area (Å²) >= 11 is 0. The number of rotatable bonds is 6. The number of amides is 1. The van der Waals surface area contributed by atoms with Crippen LogP contribution >= 0.6 is 0 Å². The molecule has 1 aromatic rings. The minimum absolute atomic E-state index is 0.0246. The van der Waals surface area contributed by atoms with E-state index < -0.39 is 0 Å². The molecule has 0 aliphatic carbocycles. The van der Waals surface area contributed by atoms with Crippen LogP contribution in [0.5, 0.6) is 0 Å². The van der Waals surface area contributed by atoms with Crippen LogP contribution in [0, 0.1) is 13.8 Å². The van der Waals surface area contributed by atoms with E-state index in [2.05, 4.69) is 14.8 Å². The van der Waals surface area contributed by atoms with Gasteiger partial charge in [-0.1, -0.05) is 0 Å². The molecule has 0 unspecified atom stereocenters. The van der Waals surface area contributed by atoms with E-state index in [1.807, 2.05) is 32.6 Å². The summed E-state index contributed by atoms with van der Waals surface area (Å²) in [5.74, 6) is -0.393. The molecule has 0 spiro atoms. The van der Waals surface area contributed by atoms with Crippen LogP contribution in [0.25, 0.3) is 0 Å². The van der Waals surface area contributed by atoms with Crippen molar-refractivity contribution < 1.29 is 14.3 Å². The highest BCUT2D eigenvalue weighted by Crippen LogP contribution is 2.21. The van der Waals surface area contributed by atoms with Gasteiger partial charge in [-0.05, 0) is 59.2 Å². The van der Waals surface area contributed by atoms with E-state index in [9.17, 15) is 9.59 Å². The Bertz CT molecular complexity index is 699. The van der Waals surface area contributed by atoms with Gasteiger partial charge in [0.15, 0.2) is 0 Å². The van der Waals surface area contributed by atoms with Gasteiger partial charge in [-0.25, -0.2) is 4.79 Å². The maximum Gasteiger partial charge on any atom is 0.340 e. The number of carbonyl (C=O) groups excluding carboxylic acids is 2. The second kappa shape index (κ2) is 9.09. The molecule has 0 bridgehead atoms. The Labute approximate surface area is 168 Å². The lowest BCUT2D eigenvalue weighted by atomic mass is 10.1. The van der Waals surface area contributed by atoms with E-state index in [4.69, 9.17) is 4.74 Å². The van der Waals surface area contributed by atoms with E-state index in [0.717, 1.165) is 39.3 Å². The number of aromatic nitrogens is 1. The molecular formula is C21H34N4O3. The monoisotopic (exact) mass is 390 g/mol. The molecule has 2 aliphatic heterocycles. The van der Waals surface area contributed by atoms with E-state index >= 15 is 0 Å². The van der Waals surface area contributed by atoms with Crippen LogP contribution in [0.4, 0.5) is 0 Å². The Hall–Kier alpha value is -1.86. The van der Waals surface area contributed by atoms with Gasteiger partial charge in [0.25, 0.3) is 5.91 Å². The number of aromatic amines is 1. The Kier molecular flexibility index (Phi) is 6.78. The molecule has 7 heteroatoms. The molecule has 3 heterocycles. The molecule has 0 atom stereocenters. The molecule has 2 saturated heterocycles. The number of hydrogen-bond acceptors (Lipinski definition) is 5. The summed E-state index contributed by atoms with van der Waals surface area (Å²) in [6.45, 7) is 15.2. The number of nitrogens with zero attached hydrogens (tertiary/aromatic N) is 3. The first kappa shape index (κ1) is 20.9. The van der Waals surface area contributed by atoms with E-state index in [1.165, 1.54) is 25.9 Å². The number of ether oxygens (including phenoxy) is 1. The third kappa shape index (κ3) is 4.75. The SMILES string of the molecule is Cc1[nH]c(C(=O)N2CCN(CCN3CCCC3)CC2)c(C)c1C(=O)OC(C)C. The van der Waals surface area contributed by atoms with Gasteiger partial charge >= 0.3 is 5.97 Å². The van der Waals surface area contributed by atoms with Crippen LogP contribution in [0.3, 0.4) is 0 Å². The molecule has 0 radical (unpaired) electrons. The molecule has 1 amide bonds. The third-order valence-electron chi connectivity index (χ3n) is 5.79. The average Bonchev–Trinajstić information content (AvgIpc) is 3.27. The number of hydrogen-bond donors (Lipinski definition) is 1. The molecule has 2 aliphatic rings. The average molecular weight is 391 g/mol. The number of aryl methyl sites for hydroxylation is 1. The molecular weight excluding hydrogens is 356 g/mol. The smallest absolute Gasteiger partial charge is 0.340 e. The molecule has 7 nitrogen and oxygen atoms in total.